The zero-order valence-corrected chi connectivity index (χ0v) is 11.8. The van der Waals surface area contributed by atoms with E-state index in [1.165, 1.54) is 38.5 Å². The Kier molecular flexibility index (Phi) is 2.53. The molecule has 0 aromatic carbocycles. The molecular weight excluding hydrogens is 236 g/mol. The fourth-order valence-corrected chi connectivity index (χ4v) is 5.45. The predicted octanol–water partition coefficient (Wildman–Crippen LogP) is 2.01. The molecule has 4 saturated carbocycles. The van der Waals surface area contributed by atoms with Crippen LogP contribution in [-0.2, 0) is 12.0 Å². The second-order valence-corrected chi connectivity index (χ2v) is 7.17. The molecule has 4 nitrogen and oxygen atoms in total. The minimum Gasteiger partial charge on any atom is -0.330 e. The van der Waals surface area contributed by atoms with Gasteiger partial charge in [0.05, 0.1) is 5.54 Å². The average molecular weight is 260 g/mol. The first-order valence-corrected chi connectivity index (χ1v) is 7.81. The molecule has 4 fully saturated rings. The normalized spacial score (nSPS) is 40.0. The van der Waals surface area contributed by atoms with Gasteiger partial charge in [-0.15, -0.1) is 0 Å². The van der Waals surface area contributed by atoms with Crippen molar-refractivity contribution in [3.8, 4) is 0 Å². The van der Waals surface area contributed by atoms with Crippen molar-refractivity contribution >= 4 is 0 Å². The summed E-state index contributed by atoms with van der Waals surface area (Å²) in [4.78, 5) is 4.63. The molecule has 2 N–H and O–H groups in total. The maximum absolute atomic E-state index is 5.75. The summed E-state index contributed by atoms with van der Waals surface area (Å²) >= 11 is 0. The van der Waals surface area contributed by atoms with Crippen LogP contribution in [0.15, 0.2) is 0 Å². The summed E-state index contributed by atoms with van der Waals surface area (Å²) in [6.45, 7) is 2.68. The first kappa shape index (κ1) is 11.9. The van der Waals surface area contributed by atoms with E-state index in [-0.39, 0.29) is 0 Å². The lowest BCUT2D eigenvalue weighted by Crippen LogP contribution is -2.52. The molecule has 0 spiro atoms. The molecule has 4 aliphatic carbocycles. The number of hydrogen-bond acceptors (Lipinski definition) is 3. The largest absolute Gasteiger partial charge is 0.330 e. The summed E-state index contributed by atoms with van der Waals surface area (Å²) in [5.74, 6) is 4.88. The molecule has 1 aromatic heterocycles. The van der Waals surface area contributed by atoms with Crippen LogP contribution in [0.4, 0.5) is 0 Å². The van der Waals surface area contributed by atoms with Gasteiger partial charge in [0.25, 0.3) is 0 Å². The van der Waals surface area contributed by atoms with E-state index in [0.717, 1.165) is 35.8 Å². The van der Waals surface area contributed by atoms with Crippen molar-refractivity contribution in [3.05, 3.63) is 11.6 Å². The molecule has 0 unspecified atom stereocenters. The van der Waals surface area contributed by atoms with Crippen molar-refractivity contribution < 1.29 is 0 Å². The highest BCUT2D eigenvalue weighted by Gasteiger charge is 2.53. The van der Waals surface area contributed by atoms with Crippen molar-refractivity contribution in [1.29, 1.82) is 0 Å². The topological polar surface area (TPSA) is 56.7 Å². The molecule has 0 atom stereocenters. The van der Waals surface area contributed by atoms with Crippen molar-refractivity contribution in [2.45, 2.75) is 57.4 Å². The monoisotopic (exact) mass is 260 g/mol. The molecule has 1 heterocycles. The van der Waals surface area contributed by atoms with E-state index >= 15 is 0 Å². The highest BCUT2D eigenvalue weighted by Crippen LogP contribution is 2.58. The molecule has 0 aliphatic heterocycles. The van der Waals surface area contributed by atoms with Gasteiger partial charge in [0.1, 0.15) is 11.6 Å². The molecule has 4 bridgehead atoms. The zero-order valence-electron chi connectivity index (χ0n) is 11.8. The highest BCUT2D eigenvalue weighted by molar-refractivity contribution is 5.08. The Balaban J connectivity index is 1.75. The van der Waals surface area contributed by atoms with Gasteiger partial charge in [-0.1, -0.05) is 0 Å². The van der Waals surface area contributed by atoms with Crippen LogP contribution in [0.25, 0.3) is 0 Å². The zero-order chi connectivity index (χ0) is 13.0. The Morgan fingerprint density at radius 2 is 1.74 bits per heavy atom. The van der Waals surface area contributed by atoms with E-state index in [9.17, 15) is 0 Å². The molecule has 5 rings (SSSR count). The van der Waals surface area contributed by atoms with E-state index < -0.39 is 0 Å². The second kappa shape index (κ2) is 4.05. The highest BCUT2D eigenvalue weighted by atomic mass is 15.4. The van der Waals surface area contributed by atoms with Crippen molar-refractivity contribution in [2.75, 3.05) is 6.54 Å². The van der Waals surface area contributed by atoms with E-state index in [4.69, 9.17) is 10.8 Å². The van der Waals surface area contributed by atoms with Gasteiger partial charge in [-0.3, -0.25) is 0 Å². The lowest BCUT2D eigenvalue weighted by atomic mass is 9.53. The molecule has 0 amide bonds. The van der Waals surface area contributed by atoms with Gasteiger partial charge in [-0.25, -0.2) is 9.67 Å². The maximum Gasteiger partial charge on any atom is 0.147 e. The fourth-order valence-electron chi connectivity index (χ4n) is 5.45. The van der Waals surface area contributed by atoms with Crippen LogP contribution < -0.4 is 5.73 Å². The van der Waals surface area contributed by atoms with E-state index in [0.29, 0.717) is 12.1 Å². The van der Waals surface area contributed by atoms with Crippen LogP contribution in [0.1, 0.15) is 50.2 Å². The number of aryl methyl sites for hydroxylation is 1. The summed E-state index contributed by atoms with van der Waals surface area (Å²) in [7, 11) is 0. The van der Waals surface area contributed by atoms with E-state index in [1.807, 2.05) is 6.92 Å². The summed E-state index contributed by atoms with van der Waals surface area (Å²) < 4.78 is 2.31. The van der Waals surface area contributed by atoms with Gasteiger partial charge in [0, 0.05) is 6.42 Å². The Morgan fingerprint density at radius 1 is 1.16 bits per heavy atom. The van der Waals surface area contributed by atoms with Crippen molar-refractivity contribution in [2.24, 2.45) is 23.5 Å². The first-order valence-electron chi connectivity index (χ1n) is 7.81. The van der Waals surface area contributed by atoms with E-state index in [1.54, 1.807) is 0 Å². The third-order valence-corrected chi connectivity index (χ3v) is 5.60. The summed E-state index contributed by atoms with van der Waals surface area (Å²) in [5, 5.41) is 4.77. The van der Waals surface area contributed by atoms with Crippen LogP contribution in [0.5, 0.6) is 0 Å². The molecule has 4 aliphatic rings. The quantitative estimate of drug-likeness (QED) is 0.904. The number of rotatable bonds is 3. The van der Waals surface area contributed by atoms with Crippen LogP contribution in [0, 0.1) is 24.7 Å². The van der Waals surface area contributed by atoms with Gasteiger partial charge in [-0.05, 0) is 69.7 Å². The number of nitrogens with two attached hydrogens (primary N) is 1. The molecular formula is C15H24N4. The fraction of sp³-hybridized carbons (Fsp3) is 0.867. The molecule has 0 radical (unpaired) electrons. The first-order chi connectivity index (χ1) is 9.18. The summed E-state index contributed by atoms with van der Waals surface area (Å²) in [5.41, 5.74) is 6.04. The average Bonchev–Trinajstić information content (AvgIpc) is 2.70. The molecule has 4 heteroatoms. The Labute approximate surface area is 114 Å². The SMILES string of the molecule is Cc1nc(CCN)n(C23CC4CC(CC(C4)C2)C3)n1. The van der Waals surface area contributed by atoms with Gasteiger partial charge in [-0.2, -0.15) is 5.10 Å². The molecule has 19 heavy (non-hydrogen) atoms. The number of nitrogens with zero attached hydrogens (tertiary/aromatic N) is 3. The molecule has 0 saturated heterocycles. The minimum absolute atomic E-state index is 0.292. The summed E-state index contributed by atoms with van der Waals surface area (Å²) in [6, 6.07) is 0. The van der Waals surface area contributed by atoms with Crippen molar-refractivity contribution in [3.63, 3.8) is 0 Å². The van der Waals surface area contributed by atoms with Crippen LogP contribution in [0.2, 0.25) is 0 Å². The third-order valence-electron chi connectivity index (χ3n) is 5.60. The lowest BCUT2D eigenvalue weighted by molar-refractivity contribution is -0.0510. The summed E-state index contributed by atoms with van der Waals surface area (Å²) in [6.07, 6.45) is 9.28. The van der Waals surface area contributed by atoms with Crippen molar-refractivity contribution in [1.82, 2.24) is 14.8 Å². The lowest BCUT2D eigenvalue weighted by Gasteiger charge is -2.56. The Morgan fingerprint density at radius 3 is 2.26 bits per heavy atom. The second-order valence-electron chi connectivity index (χ2n) is 7.17. The molecule has 104 valence electrons. The Bertz CT molecular complexity index is 455. The van der Waals surface area contributed by atoms with Crippen LogP contribution >= 0.6 is 0 Å². The Hall–Kier alpha value is -0.900. The smallest absolute Gasteiger partial charge is 0.147 e. The minimum atomic E-state index is 0.292. The van der Waals surface area contributed by atoms with Gasteiger partial charge >= 0.3 is 0 Å². The third kappa shape index (κ3) is 1.76. The number of hydrogen-bond donors (Lipinski definition) is 1. The predicted molar refractivity (Wildman–Crippen MR) is 73.7 cm³/mol. The van der Waals surface area contributed by atoms with Gasteiger partial charge in [0.2, 0.25) is 0 Å². The maximum atomic E-state index is 5.75. The van der Waals surface area contributed by atoms with Gasteiger partial charge in [0.15, 0.2) is 0 Å². The van der Waals surface area contributed by atoms with Crippen LogP contribution in [0.3, 0.4) is 0 Å². The van der Waals surface area contributed by atoms with Crippen LogP contribution in [-0.4, -0.2) is 21.3 Å². The standard InChI is InChI=1S/C15H24N4/c1-10-17-14(2-3-16)19(18-10)15-7-11-4-12(8-15)6-13(5-11)9-15/h11-13H,2-9,16H2,1H3. The van der Waals surface area contributed by atoms with E-state index in [2.05, 4.69) is 9.67 Å². The molecule has 1 aromatic rings. The number of aromatic nitrogens is 3. The van der Waals surface area contributed by atoms with Gasteiger partial charge < -0.3 is 5.73 Å².